The number of aliphatic carboxylic acids is 1. The van der Waals surface area contributed by atoms with Gasteiger partial charge in [0.15, 0.2) is 0 Å². The fraction of sp³-hybridized carbons (Fsp3) is 0.600. The molecular formula is C20H24F3NO3. The molecular weight excluding hydrogens is 359 g/mol. The van der Waals surface area contributed by atoms with Gasteiger partial charge in [0.25, 0.3) is 0 Å². The summed E-state index contributed by atoms with van der Waals surface area (Å²) in [6.45, 7) is 0.514. The third-order valence-electron chi connectivity index (χ3n) is 6.15. The summed E-state index contributed by atoms with van der Waals surface area (Å²) in [7, 11) is 0. The number of likely N-dealkylation sites (tertiary alicyclic amines) is 1. The van der Waals surface area contributed by atoms with Crippen LogP contribution in [-0.2, 0) is 15.0 Å². The summed E-state index contributed by atoms with van der Waals surface area (Å²) in [5.74, 6) is -3.20. The minimum absolute atomic E-state index is 0.0867. The molecule has 27 heavy (non-hydrogen) atoms. The molecule has 1 saturated heterocycles. The predicted molar refractivity (Wildman–Crippen MR) is 93.1 cm³/mol. The molecule has 1 aromatic rings. The first-order chi connectivity index (χ1) is 12.7. The lowest BCUT2D eigenvalue weighted by atomic mass is 9.72. The maximum absolute atomic E-state index is 13.0. The number of alkyl halides is 3. The molecule has 0 spiro atoms. The fourth-order valence-electron chi connectivity index (χ4n) is 4.46. The van der Waals surface area contributed by atoms with Crippen LogP contribution in [0, 0.1) is 11.8 Å². The van der Waals surface area contributed by atoms with E-state index in [1.807, 2.05) is 6.07 Å². The SMILES string of the molecule is O=C(C1CCCC(C(F)(F)F)C1)N1CCC(C(=O)O)(c2ccccc2)CC1. The van der Waals surface area contributed by atoms with Crippen molar-refractivity contribution in [1.82, 2.24) is 4.90 Å². The van der Waals surface area contributed by atoms with E-state index in [1.54, 1.807) is 29.2 Å². The van der Waals surface area contributed by atoms with Gasteiger partial charge in [-0.1, -0.05) is 36.8 Å². The van der Waals surface area contributed by atoms with Crippen LogP contribution in [0.3, 0.4) is 0 Å². The maximum Gasteiger partial charge on any atom is 0.391 e. The Bertz CT molecular complexity index is 681. The fourth-order valence-corrected chi connectivity index (χ4v) is 4.46. The molecule has 0 radical (unpaired) electrons. The van der Waals surface area contributed by atoms with Crippen molar-refractivity contribution in [3.05, 3.63) is 35.9 Å². The zero-order valence-corrected chi connectivity index (χ0v) is 15.0. The van der Waals surface area contributed by atoms with Crippen molar-refractivity contribution < 1.29 is 27.9 Å². The van der Waals surface area contributed by atoms with Gasteiger partial charge in [-0.25, -0.2) is 0 Å². The maximum atomic E-state index is 13.0. The minimum atomic E-state index is -4.26. The molecule has 2 atom stereocenters. The zero-order valence-electron chi connectivity index (χ0n) is 15.0. The highest BCUT2D eigenvalue weighted by Gasteiger charge is 2.47. The second kappa shape index (κ2) is 7.52. The largest absolute Gasteiger partial charge is 0.481 e. The van der Waals surface area contributed by atoms with Gasteiger partial charge in [0.2, 0.25) is 5.91 Å². The highest BCUT2D eigenvalue weighted by atomic mass is 19.4. The van der Waals surface area contributed by atoms with Crippen molar-refractivity contribution in [3.8, 4) is 0 Å². The highest BCUT2D eigenvalue weighted by molar-refractivity contribution is 5.83. The molecule has 1 amide bonds. The summed E-state index contributed by atoms with van der Waals surface area (Å²) in [6.07, 6.45) is -2.90. The monoisotopic (exact) mass is 383 g/mol. The molecule has 2 fully saturated rings. The number of rotatable bonds is 3. The van der Waals surface area contributed by atoms with Crippen molar-refractivity contribution >= 4 is 11.9 Å². The van der Waals surface area contributed by atoms with Crippen LogP contribution in [0.1, 0.15) is 44.1 Å². The lowest BCUT2D eigenvalue weighted by molar-refractivity contribution is -0.187. The van der Waals surface area contributed by atoms with Gasteiger partial charge in [0.05, 0.1) is 11.3 Å². The molecule has 1 aliphatic carbocycles. The van der Waals surface area contributed by atoms with E-state index in [2.05, 4.69) is 0 Å². The molecule has 1 aliphatic heterocycles. The van der Waals surface area contributed by atoms with E-state index in [0.29, 0.717) is 18.4 Å². The quantitative estimate of drug-likeness (QED) is 0.858. The summed E-state index contributed by atoms with van der Waals surface area (Å²) < 4.78 is 39.0. The Morgan fingerprint density at radius 3 is 2.26 bits per heavy atom. The molecule has 1 heterocycles. The molecule has 7 heteroatoms. The summed E-state index contributed by atoms with van der Waals surface area (Å²) in [5.41, 5.74) is -0.335. The lowest BCUT2D eigenvalue weighted by Gasteiger charge is -2.41. The number of carbonyl (C=O) groups excluding carboxylic acids is 1. The highest BCUT2D eigenvalue weighted by Crippen LogP contribution is 2.41. The number of amides is 1. The van der Waals surface area contributed by atoms with E-state index in [0.717, 1.165) is 0 Å². The molecule has 3 rings (SSSR count). The normalized spacial score (nSPS) is 25.8. The van der Waals surface area contributed by atoms with Gasteiger partial charge in [0.1, 0.15) is 0 Å². The molecule has 1 aromatic carbocycles. The van der Waals surface area contributed by atoms with Gasteiger partial charge >= 0.3 is 12.1 Å². The van der Waals surface area contributed by atoms with E-state index in [9.17, 15) is 27.9 Å². The Morgan fingerprint density at radius 1 is 1.07 bits per heavy atom. The standard InChI is InChI=1S/C20H24F3NO3/c21-20(22,23)16-8-4-5-14(13-16)17(25)24-11-9-19(10-12-24,18(26)27)15-6-2-1-3-7-15/h1-3,6-7,14,16H,4-5,8-13H2,(H,26,27). The van der Waals surface area contributed by atoms with Crippen LogP contribution in [0.15, 0.2) is 30.3 Å². The van der Waals surface area contributed by atoms with Crippen LogP contribution >= 0.6 is 0 Å². The van der Waals surface area contributed by atoms with Crippen molar-refractivity contribution in [2.75, 3.05) is 13.1 Å². The molecule has 148 valence electrons. The number of carbonyl (C=O) groups is 2. The minimum Gasteiger partial charge on any atom is -0.481 e. The van der Waals surface area contributed by atoms with Gasteiger partial charge in [-0.3, -0.25) is 9.59 Å². The van der Waals surface area contributed by atoms with E-state index in [4.69, 9.17) is 0 Å². The van der Waals surface area contributed by atoms with E-state index < -0.39 is 29.4 Å². The summed E-state index contributed by atoms with van der Waals surface area (Å²) >= 11 is 0. The summed E-state index contributed by atoms with van der Waals surface area (Å²) in [5, 5.41) is 9.81. The Hall–Kier alpha value is -2.05. The van der Waals surface area contributed by atoms with Crippen molar-refractivity contribution in [2.24, 2.45) is 11.8 Å². The van der Waals surface area contributed by atoms with Crippen LogP contribution in [0.5, 0.6) is 0 Å². The predicted octanol–water partition coefficient (Wildman–Crippen LogP) is 4.00. The number of hydrogen-bond acceptors (Lipinski definition) is 2. The number of hydrogen-bond donors (Lipinski definition) is 1. The van der Waals surface area contributed by atoms with E-state index in [-0.39, 0.29) is 44.7 Å². The van der Waals surface area contributed by atoms with Crippen molar-refractivity contribution in [1.29, 1.82) is 0 Å². The molecule has 0 bridgehead atoms. The number of halogens is 3. The Morgan fingerprint density at radius 2 is 1.70 bits per heavy atom. The molecule has 1 N–H and O–H groups in total. The first kappa shape index (κ1) is 19.7. The number of piperidine rings is 1. The molecule has 2 aliphatic rings. The van der Waals surface area contributed by atoms with Crippen molar-refractivity contribution in [3.63, 3.8) is 0 Å². The van der Waals surface area contributed by atoms with Gasteiger partial charge in [-0.15, -0.1) is 0 Å². The van der Waals surface area contributed by atoms with Gasteiger partial charge < -0.3 is 10.0 Å². The van der Waals surface area contributed by atoms with Crippen LogP contribution in [0.2, 0.25) is 0 Å². The second-order valence-corrected chi connectivity index (χ2v) is 7.68. The molecule has 4 nitrogen and oxygen atoms in total. The first-order valence-corrected chi connectivity index (χ1v) is 9.38. The van der Waals surface area contributed by atoms with Crippen LogP contribution in [-0.4, -0.2) is 41.1 Å². The third kappa shape index (κ3) is 3.96. The smallest absolute Gasteiger partial charge is 0.391 e. The van der Waals surface area contributed by atoms with Crippen LogP contribution < -0.4 is 0 Å². The van der Waals surface area contributed by atoms with E-state index >= 15 is 0 Å². The zero-order chi connectivity index (χ0) is 19.7. The summed E-state index contributed by atoms with van der Waals surface area (Å²) in [6, 6.07) is 8.95. The number of nitrogens with zero attached hydrogens (tertiary/aromatic N) is 1. The first-order valence-electron chi connectivity index (χ1n) is 9.38. The number of carboxylic acid groups (broad SMARTS) is 1. The van der Waals surface area contributed by atoms with Crippen LogP contribution in [0.25, 0.3) is 0 Å². The Kier molecular flexibility index (Phi) is 5.49. The van der Waals surface area contributed by atoms with E-state index in [1.165, 1.54) is 0 Å². The van der Waals surface area contributed by atoms with Gasteiger partial charge in [-0.05, 0) is 37.7 Å². The Labute approximate surface area is 156 Å². The van der Waals surface area contributed by atoms with Crippen LogP contribution in [0.4, 0.5) is 13.2 Å². The van der Waals surface area contributed by atoms with Gasteiger partial charge in [-0.2, -0.15) is 13.2 Å². The number of benzene rings is 1. The average Bonchev–Trinajstić information content (AvgIpc) is 2.67. The topological polar surface area (TPSA) is 57.6 Å². The third-order valence-corrected chi connectivity index (χ3v) is 6.15. The summed E-state index contributed by atoms with van der Waals surface area (Å²) in [4.78, 5) is 26.3. The van der Waals surface area contributed by atoms with Gasteiger partial charge in [0, 0.05) is 19.0 Å². The molecule has 1 saturated carbocycles. The average molecular weight is 383 g/mol. The lowest BCUT2D eigenvalue weighted by Crippen LogP contribution is -2.51. The Balaban J connectivity index is 1.68. The molecule has 0 aromatic heterocycles. The van der Waals surface area contributed by atoms with Crippen molar-refractivity contribution in [2.45, 2.75) is 50.1 Å². The molecule has 2 unspecified atom stereocenters. The second-order valence-electron chi connectivity index (χ2n) is 7.68. The number of carboxylic acids is 1.